The van der Waals surface area contributed by atoms with E-state index < -0.39 is 11.6 Å². The number of carbonyl (C=O) groups excluding carboxylic acids is 1. The van der Waals surface area contributed by atoms with Crippen LogP contribution in [0.3, 0.4) is 0 Å². The molecular weight excluding hydrogens is 304 g/mol. The van der Waals surface area contributed by atoms with Crippen molar-refractivity contribution in [3.63, 3.8) is 0 Å². The van der Waals surface area contributed by atoms with E-state index in [0.717, 1.165) is 30.3 Å². The number of carbonyl (C=O) groups is 1. The van der Waals surface area contributed by atoms with E-state index in [1.165, 1.54) is 6.07 Å². The molecule has 0 radical (unpaired) electrons. The van der Waals surface area contributed by atoms with E-state index >= 15 is 0 Å². The lowest BCUT2D eigenvalue weighted by Gasteiger charge is -2.08. The SMILES string of the molecule is CC(CBr)CCCNC(=O)c1ccc(F)c(F)c1. The van der Waals surface area contributed by atoms with Gasteiger partial charge in [0.15, 0.2) is 11.6 Å². The summed E-state index contributed by atoms with van der Waals surface area (Å²) in [5.74, 6) is -1.76. The van der Waals surface area contributed by atoms with Crippen LogP contribution in [0.4, 0.5) is 8.78 Å². The van der Waals surface area contributed by atoms with Gasteiger partial charge in [-0.3, -0.25) is 4.79 Å². The average Bonchev–Trinajstić information content (AvgIpc) is 2.37. The second-order valence-corrected chi connectivity index (χ2v) is 4.93. The van der Waals surface area contributed by atoms with Crippen LogP contribution >= 0.6 is 15.9 Å². The Kier molecular flexibility index (Phi) is 6.25. The maximum Gasteiger partial charge on any atom is 0.251 e. The maximum atomic E-state index is 12.9. The summed E-state index contributed by atoms with van der Waals surface area (Å²) in [6.07, 6.45) is 1.87. The lowest BCUT2D eigenvalue weighted by atomic mass is 10.1. The lowest BCUT2D eigenvalue weighted by Crippen LogP contribution is -2.25. The first-order valence-electron chi connectivity index (χ1n) is 5.83. The number of hydrogen-bond acceptors (Lipinski definition) is 1. The molecule has 18 heavy (non-hydrogen) atoms. The molecule has 100 valence electrons. The number of benzene rings is 1. The van der Waals surface area contributed by atoms with Crippen molar-refractivity contribution in [2.24, 2.45) is 5.92 Å². The van der Waals surface area contributed by atoms with Gasteiger partial charge in [-0.2, -0.15) is 0 Å². The Bertz CT molecular complexity index is 412. The first-order valence-corrected chi connectivity index (χ1v) is 6.96. The summed E-state index contributed by atoms with van der Waals surface area (Å²) in [6, 6.07) is 3.14. The molecule has 0 aliphatic heterocycles. The monoisotopic (exact) mass is 319 g/mol. The van der Waals surface area contributed by atoms with Crippen molar-refractivity contribution in [2.75, 3.05) is 11.9 Å². The predicted octanol–water partition coefficient (Wildman–Crippen LogP) is 3.51. The van der Waals surface area contributed by atoms with Crippen molar-refractivity contribution in [1.82, 2.24) is 5.32 Å². The summed E-state index contributed by atoms with van der Waals surface area (Å²) in [7, 11) is 0. The molecule has 0 bridgehead atoms. The smallest absolute Gasteiger partial charge is 0.251 e. The Morgan fingerprint density at radius 1 is 1.39 bits per heavy atom. The number of hydrogen-bond donors (Lipinski definition) is 1. The zero-order valence-corrected chi connectivity index (χ0v) is 11.8. The van der Waals surface area contributed by atoms with Crippen LogP contribution in [0, 0.1) is 17.6 Å². The molecule has 0 spiro atoms. The molecule has 1 atom stereocenters. The molecule has 0 fully saturated rings. The summed E-state index contributed by atoms with van der Waals surface area (Å²) < 4.78 is 25.6. The maximum absolute atomic E-state index is 12.9. The van der Waals surface area contributed by atoms with Gasteiger partial charge in [0.05, 0.1) is 0 Å². The van der Waals surface area contributed by atoms with E-state index in [9.17, 15) is 13.6 Å². The van der Waals surface area contributed by atoms with Crippen LogP contribution in [0.5, 0.6) is 0 Å². The molecule has 1 N–H and O–H groups in total. The fourth-order valence-corrected chi connectivity index (χ4v) is 1.79. The van der Waals surface area contributed by atoms with Crippen LogP contribution in [0.2, 0.25) is 0 Å². The standard InChI is InChI=1S/C13H16BrF2NO/c1-9(8-14)3-2-6-17-13(18)10-4-5-11(15)12(16)7-10/h4-5,7,9H,2-3,6,8H2,1H3,(H,17,18). The Hall–Kier alpha value is -0.970. The molecule has 5 heteroatoms. The first-order chi connectivity index (χ1) is 8.54. The van der Waals surface area contributed by atoms with Crippen molar-refractivity contribution < 1.29 is 13.6 Å². The van der Waals surface area contributed by atoms with E-state index in [4.69, 9.17) is 0 Å². The summed E-state index contributed by atoms with van der Waals surface area (Å²) >= 11 is 3.38. The molecule has 0 aromatic heterocycles. The summed E-state index contributed by atoms with van der Waals surface area (Å²) in [4.78, 5) is 11.6. The van der Waals surface area contributed by atoms with Gasteiger partial charge in [-0.15, -0.1) is 0 Å². The van der Waals surface area contributed by atoms with Gasteiger partial charge in [-0.25, -0.2) is 8.78 Å². The van der Waals surface area contributed by atoms with Gasteiger partial charge < -0.3 is 5.32 Å². The van der Waals surface area contributed by atoms with Gasteiger partial charge in [-0.1, -0.05) is 22.9 Å². The van der Waals surface area contributed by atoms with Crippen LogP contribution in [-0.4, -0.2) is 17.8 Å². The third-order valence-corrected chi connectivity index (χ3v) is 3.71. The highest BCUT2D eigenvalue weighted by Crippen LogP contribution is 2.09. The molecule has 0 saturated heterocycles. The number of amides is 1. The largest absolute Gasteiger partial charge is 0.352 e. The zero-order chi connectivity index (χ0) is 13.5. The summed E-state index contributed by atoms with van der Waals surface area (Å²) in [5, 5.41) is 3.62. The van der Waals surface area contributed by atoms with E-state index in [2.05, 4.69) is 28.2 Å². The second-order valence-electron chi connectivity index (χ2n) is 4.29. The predicted molar refractivity (Wildman–Crippen MR) is 70.9 cm³/mol. The van der Waals surface area contributed by atoms with Crippen molar-refractivity contribution in [1.29, 1.82) is 0 Å². The topological polar surface area (TPSA) is 29.1 Å². The van der Waals surface area contributed by atoms with Gasteiger partial charge in [0.2, 0.25) is 0 Å². The lowest BCUT2D eigenvalue weighted by molar-refractivity contribution is 0.0952. The molecule has 1 aromatic carbocycles. The van der Waals surface area contributed by atoms with Crippen LogP contribution in [0.15, 0.2) is 18.2 Å². The average molecular weight is 320 g/mol. The molecular formula is C13H16BrF2NO. The molecule has 1 unspecified atom stereocenters. The third-order valence-electron chi connectivity index (χ3n) is 2.60. The minimum Gasteiger partial charge on any atom is -0.352 e. The van der Waals surface area contributed by atoms with Crippen molar-refractivity contribution in [3.8, 4) is 0 Å². The van der Waals surface area contributed by atoms with Gasteiger partial charge >= 0.3 is 0 Å². The number of alkyl halides is 1. The minimum atomic E-state index is -1.00. The number of nitrogens with one attached hydrogen (secondary N) is 1. The Morgan fingerprint density at radius 2 is 2.11 bits per heavy atom. The van der Waals surface area contributed by atoms with Crippen molar-refractivity contribution in [2.45, 2.75) is 19.8 Å². The van der Waals surface area contributed by atoms with E-state index in [-0.39, 0.29) is 11.5 Å². The van der Waals surface area contributed by atoms with Crippen LogP contribution in [0.25, 0.3) is 0 Å². The fraction of sp³-hybridized carbons (Fsp3) is 0.462. The van der Waals surface area contributed by atoms with Crippen molar-refractivity contribution >= 4 is 21.8 Å². The second kappa shape index (κ2) is 7.46. The van der Waals surface area contributed by atoms with Gasteiger partial charge in [0, 0.05) is 17.4 Å². The molecule has 2 nitrogen and oxygen atoms in total. The zero-order valence-electron chi connectivity index (χ0n) is 10.2. The minimum absolute atomic E-state index is 0.141. The normalized spacial score (nSPS) is 12.2. The summed E-state index contributed by atoms with van der Waals surface area (Å²) in [6.45, 7) is 2.65. The van der Waals surface area contributed by atoms with E-state index in [1.54, 1.807) is 0 Å². The number of halogens is 3. The van der Waals surface area contributed by atoms with Crippen LogP contribution < -0.4 is 5.32 Å². The van der Waals surface area contributed by atoms with E-state index in [1.807, 2.05) is 0 Å². The molecule has 0 heterocycles. The Balaban J connectivity index is 2.39. The highest BCUT2D eigenvalue weighted by atomic mass is 79.9. The Labute approximate surface area is 114 Å². The molecule has 1 aromatic rings. The van der Waals surface area contributed by atoms with Gasteiger partial charge in [-0.05, 0) is 37.0 Å². The summed E-state index contributed by atoms with van der Waals surface area (Å²) in [5.41, 5.74) is 0.141. The number of rotatable bonds is 6. The van der Waals surface area contributed by atoms with Crippen LogP contribution in [0.1, 0.15) is 30.1 Å². The molecule has 1 amide bonds. The third kappa shape index (κ3) is 4.72. The molecule has 0 aliphatic rings. The van der Waals surface area contributed by atoms with Crippen molar-refractivity contribution in [3.05, 3.63) is 35.4 Å². The first kappa shape index (κ1) is 15.1. The molecule has 1 rings (SSSR count). The highest BCUT2D eigenvalue weighted by molar-refractivity contribution is 9.09. The Morgan fingerprint density at radius 3 is 2.72 bits per heavy atom. The van der Waals surface area contributed by atoms with Crippen LogP contribution in [-0.2, 0) is 0 Å². The van der Waals surface area contributed by atoms with Gasteiger partial charge in [0.25, 0.3) is 5.91 Å². The quantitative estimate of drug-likeness (QED) is 0.631. The molecule has 0 aliphatic carbocycles. The van der Waals surface area contributed by atoms with E-state index in [0.29, 0.717) is 12.5 Å². The fourth-order valence-electron chi connectivity index (χ4n) is 1.47. The highest BCUT2D eigenvalue weighted by Gasteiger charge is 2.09. The van der Waals surface area contributed by atoms with Gasteiger partial charge in [0.1, 0.15) is 0 Å². The molecule has 0 saturated carbocycles.